The van der Waals surface area contributed by atoms with Crippen LogP contribution in [0.4, 0.5) is 0 Å². The lowest BCUT2D eigenvalue weighted by Crippen LogP contribution is -2.40. The van der Waals surface area contributed by atoms with E-state index < -0.39 is 0 Å². The molecule has 20 heavy (non-hydrogen) atoms. The van der Waals surface area contributed by atoms with Gasteiger partial charge in [0.2, 0.25) is 0 Å². The normalized spacial score (nSPS) is 26.5. The molecule has 0 bridgehead atoms. The van der Waals surface area contributed by atoms with Crippen LogP contribution in [-0.4, -0.2) is 16.5 Å². The number of amides is 1. The van der Waals surface area contributed by atoms with Crippen molar-refractivity contribution in [1.82, 2.24) is 9.88 Å². The summed E-state index contributed by atoms with van der Waals surface area (Å²) >= 11 is 3.46. The van der Waals surface area contributed by atoms with E-state index in [1.165, 1.54) is 6.42 Å². The van der Waals surface area contributed by atoms with Crippen molar-refractivity contribution in [2.45, 2.75) is 59.0 Å². The van der Waals surface area contributed by atoms with Crippen LogP contribution in [0.1, 0.15) is 56.9 Å². The maximum Gasteiger partial charge on any atom is 0.268 e. The molecule has 1 aliphatic carbocycles. The van der Waals surface area contributed by atoms with Crippen LogP contribution in [0.15, 0.2) is 16.7 Å². The zero-order valence-corrected chi connectivity index (χ0v) is 14.2. The third-order valence-corrected chi connectivity index (χ3v) is 4.93. The number of aryl methyl sites for hydroxylation is 1. The minimum absolute atomic E-state index is 0.0657. The largest absolute Gasteiger partial charge is 0.348 e. The second kappa shape index (κ2) is 6.79. The van der Waals surface area contributed by atoms with Gasteiger partial charge in [0, 0.05) is 23.3 Å². The summed E-state index contributed by atoms with van der Waals surface area (Å²) < 4.78 is 3.01. The number of rotatable bonds is 4. The number of aromatic nitrogens is 1. The summed E-state index contributed by atoms with van der Waals surface area (Å²) in [5.41, 5.74) is 0.769. The SMILES string of the molecule is CCCn1cc(Br)cc1C(=O)NC1CCC(C)C(C)C1. The molecule has 0 spiro atoms. The zero-order valence-electron chi connectivity index (χ0n) is 12.7. The van der Waals surface area contributed by atoms with Gasteiger partial charge in [0.1, 0.15) is 5.69 Å². The van der Waals surface area contributed by atoms with Crippen LogP contribution in [0.3, 0.4) is 0 Å². The summed E-state index contributed by atoms with van der Waals surface area (Å²) in [7, 11) is 0. The molecule has 1 aromatic heterocycles. The average molecular weight is 341 g/mol. The van der Waals surface area contributed by atoms with Gasteiger partial charge in [-0.05, 0) is 59.5 Å². The molecule has 1 saturated carbocycles. The Kier molecular flexibility index (Phi) is 5.30. The highest BCUT2D eigenvalue weighted by molar-refractivity contribution is 9.10. The highest BCUT2D eigenvalue weighted by atomic mass is 79.9. The Bertz CT molecular complexity index is 469. The molecule has 1 fully saturated rings. The third kappa shape index (κ3) is 3.66. The monoisotopic (exact) mass is 340 g/mol. The molecule has 0 radical (unpaired) electrons. The van der Waals surface area contributed by atoms with E-state index in [-0.39, 0.29) is 5.91 Å². The first-order valence-corrected chi connectivity index (χ1v) is 8.47. The summed E-state index contributed by atoms with van der Waals surface area (Å²) in [6.45, 7) is 7.61. The molecule has 2 rings (SSSR count). The molecule has 1 aliphatic rings. The van der Waals surface area contributed by atoms with Crippen molar-refractivity contribution in [3.8, 4) is 0 Å². The lowest BCUT2D eigenvalue weighted by Gasteiger charge is -2.32. The van der Waals surface area contributed by atoms with Gasteiger partial charge < -0.3 is 9.88 Å². The highest BCUT2D eigenvalue weighted by Gasteiger charge is 2.26. The Balaban J connectivity index is 2.01. The van der Waals surface area contributed by atoms with Crippen LogP contribution in [0.2, 0.25) is 0 Å². The van der Waals surface area contributed by atoms with Crippen molar-refractivity contribution in [3.05, 3.63) is 22.4 Å². The molecule has 1 heterocycles. The van der Waals surface area contributed by atoms with Gasteiger partial charge in [0.25, 0.3) is 5.91 Å². The van der Waals surface area contributed by atoms with Gasteiger partial charge in [-0.25, -0.2) is 0 Å². The van der Waals surface area contributed by atoms with Gasteiger partial charge in [-0.1, -0.05) is 20.8 Å². The minimum Gasteiger partial charge on any atom is -0.348 e. The molecule has 0 saturated heterocycles. The van der Waals surface area contributed by atoms with E-state index >= 15 is 0 Å². The summed E-state index contributed by atoms with van der Waals surface area (Å²) in [4.78, 5) is 12.5. The Morgan fingerprint density at radius 2 is 2.15 bits per heavy atom. The van der Waals surface area contributed by atoms with E-state index in [4.69, 9.17) is 0 Å². The van der Waals surface area contributed by atoms with E-state index in [0.29, 0.717) is 12.0 Å². The van der Waals surface area contributed by atoms with Gasteiger partial charge in [0.15, 0.2) is 0 Å². The summed E-state index contributed by atoms with van der Waals surface area (Å²) in [5.74, 6) is 1.54. The number of nitrogens with one attached hydrogen (secondary N) is 1. The molecule has 0 aliphatic heterocycles. The fourth-order valence-electron chi connectivity index (χ4n) is 3.03. The number of hydrogen-bond acceptors (Lipinski definition) is 1. The molecular weight excluding hydrogens is 316 g/mol. The first-order chi connectivity index (χ1) is 9.51. The number of carbonyl (C=O) groups excluding carboxylic acids is 1. The summed E-state index contributed by atoms with van der Waals surface area (Å²) in [6.07, 6.45) is 6.44. The molecule has 3 unspecified atom stereocenters. The maximum absolute atomic E-state index is 12.5. The van der Waals surface area contributed by atoms with Crippen LogP contribution < -0.4 is 5.32 Å². The van der Waals surface area contributed by atoms with E-state index in [1.807, 2.05) is 16.8 Å². The molecule has 1 N–H and O–H groups in total. The van der Waals surface area contributed by atoms with Crippen molar-refractivity contribution in [3.63, 3.8) is 0 Å². The second-order valence-electron chi connectivity index (χ2n) is 6.17. The first kappa shape index (κ1) is 15.6. The van der Waals surface area contributed by atoms with E-state index in [2.05, 4.69) is 42.0 Å². The topological polar surface area (TPSA) is 34.0 Å². The van der Waals surface area contributed by atoms with Gasteiger partial charge in [-0.3, -0.25) is 4.79 Å². The standard InChI is InChI=1S/C16H25BrN2O/c1-4-7-19-10-13(17)9-15(19)16(20)18-14-6-5-11(2)12(3)8-14/h9-12,14H,4-8H2,1-3H3,(H,18,20). The molecule has 1 aromatic rings. The molecule has 1 amide bonds. The molecular formula is C16H25BrN2O. The summed E-state index contributed by atoms with van der Waals surface area (Å²) in [5, 5.41) is 3.22. The lowest BCUT2D eigenvalue weighted by atomic mass is 9.79. The van der Waals surface area contributed by atoms with Gasteiger partial charge in [0.05, 0.1) is 0 Å². The first-order valence-electron chi connectivity index (χ1n) is 7.67. The highest BCUT2D eigenvalue weighted by Crippen LogP contribution is 2.29. The van der Waals surface area contributed by atoms with E-state index in [1.54, 1.807) is 0 Å². The van der Waals surface area contributed by atoms with Gasteiger partial charge >= 0.3 is 0 Å². The average Bonchev–Trinajstić information content (AvgIpc) is 2.75. The van der Waals surface area contributed by atoms with Crippen LogP contribution in [0.25, 0.3) is 0 Å². The van der Waals surface area contributed by atoms with Crippen LogP contribution in [-0.2, 0) is 6.54 Å². The Morgan fingerprint density at radius 3 is 2.80 bits per heavy atom. The van der Waals surface area contributed by atoms with Crippen molar-refractivity contribution in [1.29, 1.82) is 0 Å². The molecule has 112 valence electrons. The van der Waals surface area contributed by atoms with Crippen molar-refractivity contribution >= 4 is 21.8 Å². The number of nitrogens with zero attached hydrogens (tertiary/aromatic N) is 1. The van der Waals surface area contributed by atoms with Crippen molar-refractivity contribution in [2.75, 3.05) is 0 Å². The minimum atomic E-state index is 0.0657. The predicted molar refractivity (Wildman–Crippen MR) is 85.9 cm³/mol. The fraction of sp³-hybridized carbons (Fsp3) is 0.688. The fourth-order valence-corrected chi connectivity index (χ4v) is 3.49. The molecule has 3 nitrogen and oxygen atoms in total. The predicted octanol–water partition coefficient (Wildman–Crippen LogP) is 4.22. The number of halogens is 1. The summed E-state index contributed by atoms with van der Waals surface area (Å²) in [6, 6.07) is 2.25. The van der Waals surface area contributed by atoms with Crippen LogP contribution in [0, 0.1) is 11.8 Å². The van der Waals surface area contributed by atoms with Crippen molar-refractivity contribution in [2.24, 2.45) is 11.8 Å². The van der Waals surface area contributed by atoms with Crippen LogP contribution in [0.5, 0.6) is 0 Å². The molecule has 3 atom stereocenters. The van der Waals surface area contributed by atoms with E-state index in [9.17, 15) is 4.79 Å². The Labute approximate surface area is 130 Å². The second-order valence-corrected chi connectivity index (χ2v) is 7.09. The Hall–Kier alpha value is -0.770. The van der Waals surface area contributed by atoms with Crippen LogP contribution >= 0.6 is 15.9 Å². The van der Waals surface area contributed by atoms with E-state index in [0.717, 1.165) is 41.9 Å². The third-order valence-electron chi connectivity index (χ3n) is 4.49. The Morgan fingerprint density at radius 1 is 1.40 bits per heavy atom. The van der Waals surface area contributed by atoms with Gasteiger partial charge in [-0.2, -0.15) is 0 Å². The molecule has 0 aromatic carbocycles. The maximum atomic E-state index is 12.5. The number of hydrogen-bond donors (Lipinski definition) is 1. The molecule has 4 heteroatoms. The zero-order chi connectivity index (χ0) is 14.7. The number of carbonyl (C=O) groups is 1. The van der Waals surface area contributed by atoms with Gasteiger partial charge in [-0.15, -0.1) is 0 Å². The quantitative estimate of drug-likeness (QED) is 0.874. The lowest BCUT2D eigenvalue weighted by molar-refractivity contribution is 0.0901. The van der Waals surface area contributed by atoms with Crippen molar-refractivity contribution < 1.29 is 4.79 Å². The smallest absolute Gasteiger partial charge is 0.268 e.